The first-order chi connectivity index (χ1) is 6.24. The molecule has 2 aromatic rings. The molecule has 2 nitrogen and oxygen atoms in total. The van der Waals surface area contributed by atoms with Gasteiger partial charge in [-0.15, -0.1) is 0 Å². The molecule has 2 rings (SSSR count). The van der Waals surface area contributed by atoms with Crippen molar-refractivity contribution in [2.45, 2.75) is 13.8 Å². The number of nitrogens with zero attached hydrogens (tertiary/aromatic N) is 1. The summed E-state index contributed by atoms with van der Waals surface area (Å²) in [5.41, 5.74) is 5.02. The van der Waals surface area contributed by atoms with Gasteiger partial charge in [0.25, 0.3) is 0 Å². The zero-order chi connectivity index (χ0) is 9.42. The second-order valence-corrected chi connectivity index (χ2v) is 3.35. The zero-order valence-electron chi connectivity index (χ0n) is 8.26. The van der Waals surface area contributed by atoms with Crippen LogP contribution < -0.4 is 5.32 Å². The molecular weight excluding hydrogens is 160 g/mol. The molecule has 2 heteroatoms. The lowest BCUT2D eigenvalue weighted by molar-refractivity contribution is 1.10. The molecule has 0 fully saturated rings. The van der Waals surface area contributed by atoms with Crippen LogP contribution in [0.25, 0.3) is 5.52 Å². The van der Waals surface area contributed by atoms with E-state index in [2.05, 4.69) is 48.0 Å². The van der Waals surface area contributed by atoms with Gasteiger partial charge < -0.3 is 9.72 Å². The van der Waals surface area contributed by atoms with Gasteiger partial charge in [-0.3, -0.25) is 0 Å². The lowest BCUT2D eigenvalue weighted by Gasteiger charge is -2.08. The van der Waals surface area contributed by atoms with Crippen LogP contribution in [-0.4, -0.2) is 11.4 Å². The molecule has 0 radical (unpaired) electrons. The highest BCUT2D eigenvalue weighted by Crippen LogP contribution is 2.22. The predicted molar refractivity (Wildman–Crippen MR) is 56.4 cm³/mol. The molecule has 0 aliphatic heterocycles. The molecule has 2 heterocycles. The Hall–Kier alpha value is -1.44. The van der Waals surface area contributed by atoms with Gasteiger partial charge in [-0.2, -0.15) is 0 Å². The molecule has 0 amide bonds. The van der Waals surface area contributed by atoms with E-state index >= 15 is 0 Å². The molecule has 0 unspecified atom stereocenters. The molecule has 68 valence electrons. The van der Waals surface area contributed by atoms with Gasteiger partial charge in [0.1, 0.15) is 0 Å². The molecule has 0 saturated carbocycles. The monoisotopic (exact) mass is 174 g/mol. The Bertz CT molecular complexity index is 441. The average Bonchev–Trinajstić information content (AvgIpc) is 2.48. The highest BCUT2D eigenvalue weighted by atomic mass is 14.9. The Morgan fingerprint density at radius 1 is 1.15 bits per heavy atom. The Labute approximate surface area is 78.2 Å². The minimum atomic E-state index is 1.22. The first kappa shape index (κ1) is 8.17. The summed E-state index contributed by atoms with van der Waals surface area (Å²) in [4.78, 5) is 0. The van der Waals surface area contributed by atoms with E-state index in [9.17, 15) is 0 Å². The Morgan fingerprint density at radius 3 is 2.62 bits per heavy atom. The number of aromatic nitrogens is 1. The van der Waals surface area contributed by atoms with E-state index in [1.165, 1.54) is 22.5 Å². The SMILES string of the molecule is CNc1c(C)ccn2c(C)ccc12. The largest absolute Gasteiger partial charge is 0.386 e. The molecule has 0 saturated heterocycles. The van der Waals surface area contributed by atoms with E-state index in [1.54, 1.807) is 0 Å². The lowest BCUT2D eigenvalue weighted by atomic mass is 10.2. The Kier molecular flexibility index (Phi) is 1.76. The third-order valence-corrected chi connectivity index (χ3v) is 2.50. The predicted octanol–water partition coefficient (Wildman–Crippen LogP) is 2.60. The standard InChI is InChI=1S/C11H14N2/c1-8-6-7-13-9(2)4-5-10(13)11(8)12-3/h4-7,12H,1-3H3. The van der Waals surface area contributed by atoms with Gasteiger partial charge in [0, 0.05) is 18.9 Å². The van der Waals surface area contributed by atoms with Crippen LogP contribution in [0.2, 0.25) is 0 Å². The number of hydrogen-bond donors (Lipinski definition) is 1. The first-order valence-corrected chi connectivity index (χ1v) is 4.49. The summed E-state index contributed by atoms with van der Waals surface area (Å²) in [6, 6.07) is 6.41. The maximum Gasteiger partial charge on any atom is 0.0688 e. The molecule has 0 bridgehead atoms. The summed E-state index contributed by atoms with van der Waals surface area (Å²) >= 11 is 0. The van der Waals surface area contributed by atoms with Crippen LogP contribution in [0.4, 0.5) is 5.69 Å². The number of pyridine rings is 1. The van der Waals surface area contributed by atoms with Crippen molar-refractivity contribution in [1.29, 1.82) is 0 Å². The number of anilines is 1. The summed E-state index contributed by atoms with van der Waals surface area (Å²) in [6.07, 6.45) is 2.11. The van der Waals surface area contributed by atoms with E-state index < -0.39 is 0 Å². The summed E-state index contributed by atoms with van der Waals surface area (Å²) in [7, 11) is 1.96. The summed E-state index contributed by atoms with van der Waals surface area (Å²) in [5.74, 6) is 0. The van der Waals surface area contributed by atoms with Gasteiger partial charge in [-0.05, 0) is 37.6 Å². The van der Waals surface area contributed by atoms with Crippen LogP contribution in [0.1, 0.15) is 11.3 Å². The molecule has 13 heavy (non-hydrogen) atoms. The number of aryl methyl sites for hydroxylation is 2. The fourth-order valence-electron chi connectivity index (χ4n) is 1.75. The van der Waals surface area contributed by atoms with E-state index in [0.29, 0.717) is 0 Å². The summed E-state index contributed by atoms with van der Waals surface area (Å²) < 4.78 is 2.19. The van der Waals surface area contributed by atoms with E-state index in [4.69, 9.17) is 0 Å². The molecule has 0 atom stereocenters. The topological polar surface area (TPSA) is 16.4 Å². The van der Waals surface area contributed by atoms with Gasteiger partial charge in [0.15, 0.2) is 0 Å². The number of hydrogen-bond acceptors (Lipinski definition) is 1. The molecule has 0 aliphatic carbocycles. The second kappa shape index (κ2) is 2.80. The quantitative estimate of drug-likeness (QED) is 0.703. The van der Waals surface area contributed by atoms with Crippen molar-refractivity contribution < 1.29 is 0 Å². The first-order valence-electron chi connectivity index (χ1n) is 4.49. The van der Waals surface area contributed by atoms with E-state index in [1.807, 2.05) is 7.05 Å². The van der Waals surface area contributed by atoms with Crippen molar-refractivity contribution >= 4 is 11.2 Å². The van der Waals surface area contributed by atoms with Gasteiger partial charge in [-0.25, -0.2) is 0 Å². The highest BCUT2D eigenvalue weighted by molar-refractivity contribution is 5.75. The van der Waals surface area contributed by atoms with Crippen molar-refractivity contribution in [3.63, 3.8) is 0 Å². The molecule has 0 spiro atoms. The second-order valence-electron chi connectivity index (χ2n) is 3.35. The molecule has 0 aromatic carbocycles. The maximum atomic E-state index is 3.23. The van der Waals surface area contributed by atoms with E-state index in [-0.39, 0.29) is 0 Å². The zero-order valence-corrected chi connectivity index (χ0v) is 8.26. The third kappa shape index (κ3) is 1.10. The van der Waals surface area contributed by atoms with Gasteiger partial charge in [0.2, 0.25) is 0 Å². The molecular formula is C11H14N2. The van der Waals surface area contributed by atoms with Crippen molar-refractivity contribution in [3.05, 3.63) is 35.7 Å². The number of nitrogens with one attached hydrogen (secondary N) is 1. The smallest absolute Gasteiger partial charge is 0.0688 e. The van der Waals surface area contributed by atoms with Crippen LogP contribution in [-0.2, 0) is 0 Å². The van der Waals surface area contributed by atoms with E-state index in [0.717, 1.165) is 0 Å². The molecule has 0 aliphatic rings. The van der Waals surface area contributed by atoms with Crippen molar-refractivity contribution in [2.75, 3.05) is 12.4 Å². The van der Waals surface area contributed by atoms with Crippen LogP contribution in [0.5, 0.6) is 0 Å². The number of rotatable bonds is 1. The fourth-order valence-corrected chi connectivity index (χ4v) is 1.75. The van der Waals surface area contributed by atoms with Gasteiger partial charge in [-0.1, -0.05) is 0 Å². The van der Waals surface area contributed by atoms with Crippen molar-refractivity contribution in [1.82, 2.24) is 4.40 Å². The number of fused-ring (bicyclic) bond motifs is 1. The summed E-state index contributed by atoms with van der Waals surface area (Å²) in [5, 5.41) is 3.23. The van der Waals surface area contributed by atoms with Gasteiger partial charge >= 0.3 is 0 Å². The minimum absolute atomic E-state index is 1.22. The minimum Gasteiger partial charge on any atom is -0.386 e. The average molecular weight is 174 g/mol. The van der Waals surface area contributed by atoms with Crippen molar-refractivity contribution in [2.24, 2.45) is 0 Å². The van der Waals surface area contributed by atoms with Crippen molar-refractivity contribution in [3.8, 4) is 0 Å². The summed E-state index contributed by atoms with van der Waals surface area (Å²) in [6.45, 7) is 4.23. The Balaban J connectivity index is 2.85. The molecule has 1 N–H and O–H groups in total. The maximum absolute atomic E-state index is 3.23. The van der Waals surface area contributed by atoms with Crippen LogP contribution in [0.15, 0.2) is 24.4 Å². The fraction of sp³-hybridized carbons (Fsp3) is 0.273. The highest BCUT2D eigenvalue weighted by Gasteiger charge is 2.03. The van der Waals surface area contributed by atoms with Crippen LogP contribution >= 0.6 is 0 Å². The Morgan fingerprint density at radius 2 is 1.92 bits per heavy atom. The normalized spacial score (nSPS) is 10.7. The van der Waals surface area contributed by atoms with Crippen LogP contribution in [0.3, 0.4) is 0 Å². The molecule has 2 aromatic heterocycles. The van der Waals surface area contributed by atoms with Crippen LogP contribution in [0, 0.1) is 13.8 Å². The van der Waals surface area contributed by atoms with Gasteiger partial charge in [0.05, 0.1) is 11.2 Å². The third-order valence-electron chi connectivity index (χ3n) is 2.50. The lowest BCUT2D eigenvalue weighted by Crippen LogP contribution is -1.96.